The van der Waals surface area contributed by atoms with Gasteiger partial charge >= 0.3 is 13.9 Å². The van der Waals surface area contributed by atoms with Crippen molar-refractivity contribution in [3.8, 4) is 5.75 Å². The van der Waals surface area contributed by atoms with Crippen LogP contribution in [-0.2, 0) is 6.18 Å². The standard InChI is InChI=1S/C7H5BF4O2/c9-6-3-4(14-8-13)1-2-5(6)7(10,11)12/h1-3,8,13H. The van der Waals surface area contributed by atoms with Gasteiger partial charge < -0.3 is 9.68 Å². The highest BCUT2D eigenvalue weighted by Crippen LogP contribution is 2.32. The maximum absolute atomic E-state index is 12.8. The summed E-state index contributed by atoms with van der Waals surface area (Å²) in [6.45, 7) is 0. The van der Waals surface area contributed by atoms with E-state index in [1.54, 1.807) is 0 Å². The lowest BCUT2D eigenvalue weighted by Crippen LogP contribution is -2.08. The maximum atomic E-state index is 12.8. The molecule has 76 valence electrons. The zero-order valence-electron chi connectivity index (χ0n) is 6.81. The van der Waals surface area contributed by atoms with Crippen molar-refractivity contribution in [2.75, 3.05) is 0 Å². The van der Waals surface area contributed by atoms with E-state index in [4.69, 9.17) is 5.02 Å². The molecule has 0 atom stereocenters. The molecule has 1 aromatic rings. The van der Waals surface area contributed by atoms with Gasteiger partial charge in [0.25, 0.3) is 0 Å². The van der Waals surface area contributed by atoms with Crippen LogP contribution >= 0.6 is 0 Å². The molecule has 0 aliphatic rings. The molecule has 2 nitrogen and oxygen atoms in total. The largest absolute Gasteiger partial charge is 0.539 e. The fourth-order valence-electron chi connectivity index (χ4n) is 0.890. The fourth-order valence-corrected chi connectivity index (χ4v) is 0.890. The number of hydrogen-bond acceptors (Lipinski definition) is 2. The second-order valence-corrected chi connectivity index (χ2v) is 2.41. The van der Waals surface area contributed by atoms with E-state index in [2.05, 4.69) is 4.65 Å². The van der Waals surface area contributed by atoms with E-state index in [0.717, 1.165) is 6.07 Å². The van der Waals surface area contributed by atoms with Crippen LogP contribution in [0.2, 0.25) is 0 Å². The highest BCUT2D eigenvalue weighted by Gasteiger charge is 2.33. The lowest BCUT2D eigenvalue weighted by Gasteiger charge is -2.09. The molecule has 0 saturated heterocycles. The van der Waals surface area contributed by atoms with Crippen molar-refractivity contribution < 1.29 is 27.2 Å². The van der Waals surface area contributed by atoms with Gasteiger partial charge in [-0.15, -0.1) is 0 Å². The third-order valence-electron chi connectivity index (χ3n) is 1.48. The lowest BCUT2D eigenvalue weighted by atomic mass is 10.2. The van der Waals surface area contributed by atoms with Crippen LogP contribution in [-0.4, -0.2) is 12.7 Å². The van der Waals surface area contributed by atoms with Gasteiger partial charge in [0.15, 0.2) is 0 Å². The summed E-state index contributed by atoms with van der Waals surface area (Å²) in [5.74, 6) is -1.58. The highest BCUT2D eigenvalue weighted by molar-refractivity contribution is 6.17. The predicted octanol–water partition coefficient (Wildman–Crippen LogP) is 1.48. The summed E-state index contributed by atoms with van der Waals surface area (Å²) in [5, 5.41) is 8.27. The topological polar surface area (TPSA) is 29.5 Å². The Bertz CT molecular complexity index is 326. The van der Waals surface area contributed by atoms with Gasteiger partial charge in [0, 0.05) is 6.07 Å². The molecule has 1 rings (SSSR count). The van der Waals surface area contributed by atoms with Crippen molar-refractivity contribution in [2.24, 2.45) is 0 Å². The second kappa shape index (κ2) is 3.87. The molecule has 0 spiro atoms. The summed E-state index contributed by atoms with van der Waals surface area (Å²) in [4.78, 5) is 0. The molecule has 0 saturated carbocycles. The average molecular weight is 208 g/mol. The molecule has 0 heterocycles. The monoisotopic (exact) mass is 208 g/mol. The molecule has 0 aliphatic heterocycles. The summed E-state index contributed by atoms with van der Waals surface area (Å²) in [6.07, 6.45) is -4.72. The Labute approximate surface area is 77.4 Å². The minimum atomic E-state index is -4.72. The normalized spacial score (nSPS) is 11.2. The summed E-state index contributed by atoms with van der Waals surface area (Å²) in [6, 6.07) is 2.06. The zero-order chi connectivity index (χ0) is 10.8. The first-order valence-electron chi connectivity index (χ1n) is 3.55. The van der Waals surface area contributed by atoms with Gasteiger partial charge in [-0.1, -0.05) is 0 Å². The zero-order valence-corrected chi connectivity index (χ0v) is 6.81. The number of rotatable bonds is 2. The average Bonchev–Trinajstić information content (AvgIpc) is 2.02. The van der Waals surface area contributed by atoms with Crippen LogP contribution in [0.4, 0.5) is 17.6 Å². The van der Waals surface area contributed by atoms with Gasteiger partial charge in [0.1, 0.15) is 11.6 Å². The lowest BCUT2D eigenvalue weighted by molar-refractivity contribution is -0.140. The number of alkyl halides is 3. The Kier molecular flexibility index (Phi) is 3.00. The van der Waals surface area contributed by atoms with E-state index in [0.29, 0.717) is 12.1 Å². The summed E-state index contributed by atoms with van der Waals surface area (Å²) < 4.78 is 53.3. The summed E-state index contributed by atoms with van der Waals surface area (Å²) in [7, 11) is -0.717. The molecule has 0 bridgehead atoms. The Morgan fingerprint density at radius 3 is 2.36 bits per heavy atom. The molecular formula is C7H5BF4O2. The van der Waals surface area contributed by atoms with E-state index < -0.39 is 25.2 Å². The molecule has 7 heteroatoms. The molecule has 0 amide bonds. The van der Waals surface area contributed by atoms with E-state index in [1.807, 2.05) is 0 Å². The van der Waals surface area contributed by atoms with Crippen LogP contribution in [0, 0.1) is 5.82 Å². The van der Waals surface area contributed by atoms with Gasteiger partial charge in [0.05, 0.1) is 5.56 Å². The molecule has 0 aliphatic carbocycles. The Hall–Kier alpha value is -1.24. The molecule has 1 N–H and O–H groups in total. The van der Waals surface area contributed by atoms with Crippen LogP contribution in [0.1, 0.15) is 5.56 Å². The third kappa shape index (κ3) is 2.38. The van der Waals surface area contributed by atoms with Crippen LogP contribution in [0.15, 0.2) is 18.2 Å². The fraction of sp³-hybridized carbons (Fsp3) is 0.143. The Balaban J connectivity index is 3.02. The summed E-state index contributed by atoms with van der Waals surface area (Å²) >= 11 is 0. The first kappa shape index (κ1) is 10.8. The first-order valence-corrected chi connectivity index (χ1v) is 3.55. The van der Waals surface area contributed by atoms with E-state index in [-0.39, 0.29) is 5.75 Å². The maximum Gasteiger partial charge on any atom is 0.504 e. The van der Waals surface area contributed by atoms with E-state index in [1.165, 1.54) is 0 Å². The first-order chi connectivity index (χ1) is 6.45. The van der Waals surface area contributed by atoms with Crippen LogP contribution < -0.4 is 4.65 Å². The number of halogens is 4. The third-order valence-corrected chi connectivity index (χ3v) is 1.48. The quantitative estimate of drug-likeness (QED) is 0.589. The predicted molar refractivity (Wildman–Crippen MR) is 41.4 cm³/mol. The number of hydrogen-bond donors (Lipinski definition) is 1. The van der Waals surface area contributed by atoms with Gasteiger partial charge in [-0.3, -0.25) is 0 Å². The van der Waals surface area contributed by atoms with Crippen LogP contribution in [0.3, 0.4) is 0 Å². The van der Waals surface area contributed by atoms with Crippen molar-refractivity contribution in [3.05, 3.63) is 29.6 Å². The van der Waals surface area contributed by atoms with Gasteiger partial charge in [-0.2, -0.15) is 13.2 Å². The molecule has 0 unspecified atom stereocenters. The van der Waals surface area contributed by atoms with Crippen molar-refractivity contribution in [2.45, 2.75) is 6.18 Å². The SMILES string of the molecule is OBOc1ccc(C(F)(F)F)c(F)c1. The van der Waals surface area contributed by atoms with Gasteiger partial charge in [-0.25, -0.2) is 4.39 Å². The van der Waals surface area contributed by atoms with Gasteiger partial charge in [0.2, 0.25) is 0 Å². The van der Waals surface area contributed by atoms with Crippen LogP contribution in [0.5, 0.6) is 5.75 Å². The highest BCUT2D eigenvalue weighted by atomic mass is 19.4. The molecule has 0 aromatic heterocycles. The van der Waals surface area contributed by atoms with Crippen molar-refractivity contribution in [3.63, 3.8) is 0 Å². The minimum Gasteiger partial charge on any atom is -0.539 e. The number of benzene rings is 1. The molecule has 0 fully saturated rings. The molecular weight excluding hydrogens is 203 g/mol. The Morgan fingerprint density at radius 1 is 1.29 bits per heavy atom. The van der Waals surface area contributed by atoms with E-state index in [9.17, 15) is 17.6 Å². The van der Waals surface area contributed by atoms with Crippen molar-refractivity contribution in [1.82, 2.24) is 0 Å². The van der Waals surface area contributed by atoms with Crippen molar-refractivity contribution >= 4 is 7.69 Å². The molecule has 0 radical (unpaired) electrons. The Morgan fingerprint density at radius 2 is 1.93 bits per heavy atom. The molecule has 1 aromatic carbocycles. The van der Waals surface area contributed by atoms with Gasteiger partial charge in [-0.05, 0) is 12.1 Å². The minimum absolute atomic E-state index is 0.155. The van der Waals surface area contributed by atoms with Crippen molar-refractivity contribution in [1.29, 1.82) is 0 Å². The smallest absolute Gasteiger partial charge is 0.504 e. The molecule has 14 heavy (non-hydrogen) atoms. The van der Waals surface area contributed by atoms with E-state index >= 15 is 0 Å². The summed E-state index contributed by atoms with van der Waals surface area (Å²) in [5.41, 5.74) is -1.36. The second-order valence-electron chi connectivity index (χ2n) is 2.41. The van der Waals surface area contributed by atoms with Crippen LogP contribution in [0.25, 0.3) is 0 Å².